The van der Waals surface area contributed by atoms with Gasteiger partial charge in [0, 0.05) is 24.7 Å². The van der Waals surface area contributed by atoms with Crippen molar-refractivity contribution in [3.05, 3.63) is 16.4 Å². The van der Waals surface area contributed by atoms with Gasteiger partial charge in [0.15, 0.2) is 4.80 Å². The summed E-state index contributed by atoms with van der Waals surface area (Å²) in [5, 5.41) is 1.94. The normalized spacial score (nSPS) is 34.7. The van der Waals surface area contributed by atoms with Crippen molar-refractivity contribution in [3.8, 4) is 0 Å². The number of aromatic nitrogens is 1. The number of carbonyl (C=O) groups excluding carboxylic acids is 1. The molecule has 2 saturated carbocycles. The van der Waals surface area contributed by atoms with Crippen LogP contribution in [-0.4, -0.2) is 16.5 Å². The molecule has 0 saturated heterocycles. The fourth-order valence-corrected chi connectivity index (χ4v) is 4.04. The van der Waals surface area contributed by atoms with Gasteiger partial charge in [-0.25, -0.2) is 0 Å². The first-order valence-corrected chi connectivity index (χ1v) is 6.99. The molecule has 4 atom stereocenters. The van der Waals surface area contributed by atoms with Crippen molar-refractivity contribution >= 4 is 29.7 Å². The molecule has 1 aromatic rings. The summed E-state index contributed by atoms with van der Waals surface area (Å²) in [4.78, 5) is 17.2. The lowest BCUT2D eigenvalue weighted by molar-refractivity contribution is -0.123. The Kier molecular flexibility index (Phi) is 3.94. The highest BCUT2D eigenvalue weighted by atomic mass is 35.5. The molecule has 100 valence electrons. The summed E-state index contributed by atoms with van der Waals surface area (Å²) < 4.78 is 1.88. The van der Waals surface area contributed by atoms with E-state index in [-0.39, 0.29) is 30.3 Å². The quantitative estimate of drug-likeness (QED) is 0.846. The molecule has 2 bridgehead atoms. The number of thiazole rings is 1. The Labute approximate surface area is 116 Å². The first-order chi connectivity index (χ1) is 8.16. The molecule has 2 aliphatic rings. The first kappa shape index (κ1) is 13.8. The van der Waals surface area contributed by atoms with Crippen LogP contribution in [-0.2, 0) is 11.8 Å². The number of hydrogen-bond donors (Lipinski definition) is 1. The van der Waals surface area contributed by atoms with Crippen molar-refractivity contribution in [3.63, 3.8) is 0 Å². The van der Waals surface area contributed by atoms with Gasteiger partial charge < -0.3 is 10.3 Å². The van der Waals surface area contributed by atoms with E-state index in [2.05, 4.69) is 4.99 Å². The van der Waals surface area contributed by atoms with Gasteiger partial charge in [0.25, 0.3) is 5.91 Å². The molecule has 0 aromatic carbocycles. The SMILES string of the molecule is Cl.Cn1ccsc1=NC(=O)C1C2CCC(C2)C1N. The highest BCUT2D eigenvalue weighted by Gasteiger charge is 2.49. The lowest BCUT2D eigenvalue weighted by Crippen LogP contribution is -2.40. The molecule has 1 amide bonds. The van der Waals surface area contributed by atoms with E-state index in [1.165, 1.54) is 17.8 Å². The molecule has 4 unspecified atom stereocenters. The standard InChI is InChI=1S/C12H17N3OS.ClH/c1-15-4-5-17-12(15)14-11(16)9-7-2-3-8(6-7)10(9)13;/h4-5,7-10H,2-3,6,13H2,1H3;1H. The van der Waals surface area contributed by atoms with Crippen LogP contribution in [0.5, 0.6) is 0 Å². The maximum atomic E-state index is 12.2. The number of amides is 1. The van der Waals surface area contributed by atoms with Crippen LogP contribution in [0.3, 0.4) is 0 Å². The number of nitrogens with zero attached hydrogens (tertiary/aromatic N) is 2. The molecular weight excluding hydrogens is 270 g/mol. The van der Waals surface area contributed by atoms with Crippen molar-refractivity contribution < 1.29 is 4.79 Å². The van der Waals surface area contributed by atoms with Gasteiger partial charge >= 0.3 is 0 Å². The number of fused-ring (bicyclic) bond motifs is 2. The van der Waals surface area contributed by atoms with Crippen LogP contribution in [0.2, 0.25) is 0 Å². The van der Waals surface area contributed by atoms with Crippen molar-refractivity contribution in [2.45, 2.75) is 25.3 Å². The summed E-state index contributed by atoms with van der Waals surface area (Å²) in [6, 6.07) is 0.0373. The fraction of sp³-hybridized carbons (Fsp3) is 0.667. The van der Waals surface area contributed by atoms with Crippen LogP contribution in [0.1, 0.15) is 19.3 Å². The minimum Gasteiger partial charge on any atom is -0.327 e. The minimum absolute atomic E-state index is 0. The van der Waals surface area contributed by atoms with Gasteiger partial charge in [0.05, 0.1) is 5.92 Å². The Morgan fingerprint density at radius 3 is 2.78 bits per heavy atom. The Morgan fingerprint density at radius 1 is 1.50 bits per heavy atom. The van der Waals surface area contributed by atoms with Gasteiger partial charge in [-0.2, -0.15) is 4.99 Å². The molecule has 0 spiro atoms. The zero-order valence-corrected chi connectivity index (χ0v) is 11.9. The average molecular weight is 288 g/mol. The van der Waals surface area contributed by atoms with Gasteiger partial charge in [-0.3, -0.25) is 4.79 Å². The van der Waals surface area contributed by atoms with E-state index in [9.17, 15) is 4.79 Å². The smallest absolute Gasteiger partial charge is 0.253 e. The van der Waals surface area contributed by atoms with Gasteiger partial charge in [0.2, 0.25) is 0 Å². The zero-order chi connectivity index (χ0) is 12.0. The highest BCUT2D eigenvalue weighted by molar-refractivity contribution is 7.07. The number of aryl methyl sites for hydroxylation is 1. The average Bonchev–Trinajstić information content (AvgIpc) is 2.95. The highest BCUT2D eigenvalue weighted by Crippen LogP contribution is 2.47. The second-order valence-electron chi connectivity index (χ2n) is 5.18. The number of hydrogen-bond acceptors (Lipinski definition) is 3. The maximum absolute atomic E-state index is 12.2. The lowest BCUT2D eigenvalue weighted by Gasteiger charge is -2.24. The molecule has 3 rings (SSSR count). The Bertz CT molecular complexity index is 507. The largest absolute Gasteiger partial charge is 0.327 e. The summed E-state index contributed by atoms with van der Waals surface area (Å²) in [7, 11) is 1.91. The van der Waals surface area contributed by atoms with Crippen LogP contribution < -0.4 is 10.5 Å². The van der Waals surface area contributed by atoms with E-state index in [0.29, 0.717) is 11.8 Å². The van der Waals surface area contributed by atoms with Crippen LogP contribution in [0.25, 0.3) is 0 Å². The molecule has 0 radical (unpaired) electrons. The molecule has 1 heterocycles. The third kappa shape index (κ3) is 2.15. The number of nitrogens with two attached hydrogens (primary N) is 1. The predicted molar refractivity (Wildman–Crippen MR) is 73.4 cm³/mol. The van der Waals surface area contributed by atoms with Crippen LogP contribution >= 0.6 is 23.7 Å². The third-order valence-corrected chi connectivity index (χ3v) is 5.08. The second kappa shape index (κ2) is 5.15. The van der Waals surface area contributed by atoms with E-state index in [0.717, 1.165) is 17.6 Å². The Morgan fingerprint density at radius 2 is 2.22 bits per heavy atom. The lowest BCUT2D eigenvalue weighted by atomic mass is 9.84. The summed E-state index contributed by atoms with van der Waals surface area (Å²) >= 11 is 1.49. The molecule has 1 aromatic heterocycles. The predicted octanol–water partition coefficient (Wildman–Crippen LogP) is 1.31. The summed E-state index contributed by atoms with van der Waals surface area (Å²) in [5.41, 5.74) is 6.15. The fourth-order valence-electron chi connectivity index (χ4n) is 3.31. The zero-order valence-electron chi connectivity index (χ0n) is 10.3. The van der Waals surface area contributed by atoms with Crippen LogP contribution in [0, 0.1) is 17.8 Å². The van der Waals surface area contributed by atoms with Gasteiger partial charge in [-0.1, -0.05) is 0 Å². The van der Waals surface area contributed by atoms with Crippen molar-refractivity contribution in [1.82, 2.24) is 4.57 Å². The van der Waals surface area contributed by atoms with Gasteiger partial charge in [-0.15, -0.1) is 23.7 Å². The van der Waals surface area contributed by atoms with E-state index in [1.54, 1.807) is 0 Å². The van der Waals surface area contributed by atoms with Crippen LogP contribution in [0.4, 0.5) is 0 Å². The van der Waals surface area contributed by atoms with Crippen LogP contribution in [0.15, 0.2) is 16.6 Å². The molecule has 2 fully saturated rings. The van der Waals surface area contributed by atoms with Gasteiger partial charge in [0.1, 0.15) is 0 Å². The molecule has 18 heavy (non-hydrogen) atoms. The van der Waals surface area contributed by atoms with Crippen molar-refractivity contribution in [2.75, 3.05) is 0 Å². The molecule has 0 aliphatic heterocycles. The molecule has 2 N–H and O–H groups in total. The van der Waals surface area contributed by atoms with E-state index in [4.69, 9.17) is 5.73 Å². The number of rotatable bonds is 1. The minimum atomic E-state index is -0.0316. The van der Waals surface area contributed by atoms with Crippen molar-refractivity contribution in [2.24, 2.45) is 35.5 Å². The summed E-state index contributed by atoms with van der Waals surface area (Å²) in [6.07, 6.45) is 5.39. The Balaban J connectivity index is 0.00000120. The summed E-state index contributed by atoms with van der Waals surface area (Å²) in [5.74, 6) is 0.997. The van der Waals surface area contributed by atoms with E-state index < -0.39 is 0 Å². The molecular formula is C12H18ClN3OS. The van der Waals surface area contributed by atoms with Gasteiger partial charge in [-0.05, 0) is 31.1 Å². The first-order valence-electron chi connectivity index (χ1n) is 6.11. The molecule has 2 aliphatic carbocycles. The van der Waals surface area contributed by atoms with E-state index >= 15 is 0 Å². The summed E-state index contributed by atoms with van der Waals surface area (Å²) in [6.45, 7) is 0. The van der Waals surface area contributed by atoms with E-state index in [1.807, 2.05) is 23.2 Å². The second-order valence-corrected chi connectivity index (χ2v) is 6.06. The van der Waals surface area contributed by atoms with Crippen molar-refractivity contribution in [1.29, 1.82) is 0 Å². The Hall–Kier alpha value is -0.650. The monoisotopic (exact) mass is 287 g/mol. The molecule has 4 nitrogen and oxygen atoms in total. The number of carbonyl (C=O) groups is 1. The maximum Gasteiger partial charge on any atom is 0.253 e. The third-order valence-electron chi connectivity index (χ3n) is 4.23. The molecule has 6 heteroatoms. The number of halogens is 1. The topological polar surface area (TPSA) is 60.4 Å².